The van der Waals surface area contributed by atoms with E-state index in [-0.39, 0.29) is 16.5 Å². The highest BCUT2D eigenvalue weighted by molar-refractivity contribution is 8.24. The molecule has 18 heavy (non-hydrogen) atoms. The van der Waals surface area contributed by atoms with Crippen LogP contribution in [0.2, 0.25) is 0 Å². The van der Waals surface area contributed by atoms with Crippen molar-refractivity contribution < 1.29 is 9.69 Å². The maximum Gasteiger partial charge on any atom is 0.248 e. The number of thioether (sulfide) groups is 2. The highest BCUT2D eigenvalue weighted by Gasteiger charge is 2.48. The molecule has 3 atom stereocenters. The Morgan fingerprint density at radius 3 is 2.50 bits per heavy atom. The number of amides is 1. The predicted molar refractivity (Wildman–Crippen MR) is 82.6 cm³/mol. The molecule has 1 unspecified atom stereocenters. The highest BCUT2D eigenvalue weighted by atomic mass is 32.2. The molecule has 1 N–H and O–H groups in total. The van der Waals surface area contributed by atoms with Gasteiger partial charge in [0.05, 0.1) is 6.54 Å². The van der Waals surface area contributed by atoms with Crippen molar-refractivity contribution in [2.75, 3.05) is 13.1 Å². The molecule has 0 aromatic carbocycles. The van der Waals surface area contributed by atoms with Crippen LogP contribution >= 0.6 is 35.7 Å². The van der Waals surface area contributed by atoms with Gasteiger partial charge in [-0.25, -0.2) is 0 Å². The van der Waals surface area contributed by atoms with Crippen LogP contribution in [0.4, 0.5) is 0 Å². The largest absolute Gasteiger partial charge is 0.297 e. The lowest BCUT2D eigenvalue weighted by Gasteiger charge is -2.23. The molecule has 1 fully saturated rings. The Balaban J connectivity index is 2.20. The second-order valence-electron chi connectivity index (χ2n) is 4.49. The Bertz CT molecular complexity index is 422. The minimum atomic E-state index is -0.0233. The quantitative estimate of drug-likeness (QED) is 0.798. The Morgan fingerprint density at radius 2 is 2.00 bits per heavy atom. The molecule has 1 saturated heterocycles. The van der Waals surface area contributed by atoms with Crippen LogP contribution in [0.15, 0.2) is 10.6 Å². The molecule has 2 rings (SSSR count). The average molecular weight is 303 g/mol. The lowest BCUT2D eigenvalue weighted by molar-refractivity contribution is -0.865. The topological polar surface area (TPSA) is 24.8 Å². The molecule has 3 nitrogen and oxygen atoms in total. The van der Waals surface area contributed by atoms with E-state index in [1.165, 1.54) is 15.5 Å². The van der Waals surface area contributed by atoms with Crippen molar-refractivity contribution in [3.63, 3.8) is 0 Å². The van der Waals surface area contributed by atoms with Crippen molar-refractivity contribution in [1.82, 2.24) is 4.90 Å². The summed E-state index contributed by atoms with van der Waals surface area (Å²) < 4.78 is 0.741. The molecule has 100 valence electrons. The fourth-order valence-electron chi connectivity index (χ4n) is 2.44. The smallest absolute Gasteiger partial charge is 0.248 e. The van der Waals surface area contributed by atoms with Gasteiger partial charge in [-0.2, -0.15) is 0 Å². The number of allylic oxidation sites excluding steroid dienone is 2. The normalized spacial score (nSPS) is 32.9. The zero-order chi connectivity index (χ0) is 13.4. The first-order valence-corrected chi connectivity index (χ1v) is 8.40. The van der Waals surface area contributed by atoms with Crippen molar-refractivity contribution in [1.29, 1.82) is 0 Å². The predicted octanol–water partition coefficient (Wildman–Crippen LogP) is 1.46. The standard InChI is InChI=1S/C12H18N2OS3/c1-5-13-7(3)8(4)17-11(13)9-10(15)14(6-2)12(16)18-9/h9,11H,5-6H2,1-4H3/p+1/t9-,11-/m0/s1. The molecule has 0 aromatic rings. The summed E-state index contributed by atoms with van der Waals surface area (Å²) >= 11 is 8.70. The third kappa shape index (κ3) is 2.24. The minimum absolute atomic E-state index is 0.0233. The summed E-state index contributed by atoms with van der Waals surface area (Å²) in [6.07, 6.45) is 0. The van der Waals surface area contributed by atoms with Crippen molar-refractivity contribution >= 4 is 46.0 Å². The first-order chi connectivity index (χ1) is 8.51. The van der Waals surface area contributed by atoms with E-state index in [1.54, 1.807) is 16.7 Å². The van der Waals surface area contributed by atoms with Crippen LogP contribution in [-0.4, -0.2) is 38.8 Å². The Morgan fingerprint density at radius 1 is 1.33 bits per heavy atom. The highest BCUT2D eigenvalue weighted by Crippen LogP contribution is 2.37. The fraction of sp³-hybridized carbons (Fsp3) is 0.667. The Hall–Kier alpha value is -0.0400. The summed E-state index contributed by atoms with van der Waals surface area (Å²) in [5, 5.41) is 0.256. The molecular formula is C12H19N2OS3+. The molecule has 0 radical (unpaired) electrons. The number of hydrogen-bond donors (Lipinski definition) is 1. The maximum absolute atomic E-state index is 12.4. The van der Waals surface area contributed by atoms with Gasteiger partial charge in [-0.1, -0.05) is 35.7 Å². The van der Waals surface area contributed by atoms with Gasteiger partial charge in [0.15, 0.2) is 10.6 Å². The molecular weight excluding hydrogens is 284 g/mol. The first-order valence-electron chi connectivity index (χ1n) is 6.23. The fourth-order valence-corrected chi connectivity index (χ4v) is 5.80. The van der Waals surface area contributed by atoms with E-state index in [0.29, 0.717) is 6.54 Å². The van der Waals surface area contributed by atoms with Gasteiger partial charge >= 0.3 is 0 Å². The summed E-state index contributed by atoms with van der Waals surface area (Å²) in [4.78, 5) is 16.9. The molecule has 0 saturated carbocycles. The SMILES string of the molecule is CCN1C(=O)[C@@H]([C@@H]2SC(C)=C(C)[NH+]2CC)SC1=S. The summed E-state index contributed by atoms with van der Waals surface area (Å²) in [5.41, 5.74) is 1.38. The van der Waals surface area contributed by atoms with Gasteiger partial charge in [0.2, 0.25) is 5.91 Å². The van der Waals surface area contributed by atoms with Gasteiger partial charge in [-0.15, -0.1) is 0 Å². The van der Waals surface area contributed by atoms with Crippen LogP contribution in [0, 0.1) is 0 Å². The molecule has 1 amide bonds. The monoisotopic (exact) mass is 303 g/mol. The number of carbonyl (C=O) groups excluding carboxylic acids is 1. The molecule has 6 heteroatoms. The molecule has 2 aliphatic rings. The maximum atomic E-state index is 12.4. The number of thiocarbonyl (C=S) groups is 1. The zero-order valence-electron chi connectivity index (χ0n) is 11.1. The zero-order valence-corrected chi connectivity index (χ0v) is 13.6. The Labute approximate surface area is 122 Å². The molecule has 0 bridgehead atoms. The van der Waals surface area contributed by atoms with Crippen LogP contribution in [0.3, 0.4) is 0 Å². The van der Waals surface area contributed by atoms with Crippen molar-refractivity contribution in [3.05, 3.63) is 10.6 Å². The summed E-state index contributed by atoms with van der Waals surface area (Å²) in [6, 6.07) is 0. The van der Waals surface area contributed by atoms with E-state index in [0.717, 1.165) is 10.9 Å². The van der Waals surface area contributed by atoms with Gasteiger partial charge in [0, 0.05) is 18.4 Å². The van der Waals surface area contributed by atoms with Crippen molar-refractivity contribution in [3.8, 4) is 0 Å². The molecule has 2 heterocycles. The van der Waals surface area contributed by atoms with E-state index >= 15 is 0 Å². The lowest BCUT2D eigenvalue weighted by atomic mass is 10.3. The van der Waals surface area contributed by atoms with Gasteiger partial charge < -0.3 is 0 Å². The van der Waals surface area contributed by atoms with Gasteiger partial charge in [0.1, 0.15) is 10.0 Å². The molecule has 0 aromatic heterocycles. The number of rotatable bonds is 3. The van der Waals surface area contributed by atoms with Crippen LogP contribution in [0.25, 0.3) is 0 Å². The summed E-state index contributed by atoms with van der Waals surface area (Å²) in [5.74, 6) is 0.193. The van der Waals surface area contributed by atoms with Crippen LogP contribution in [0.5, 0.6) is 0 Å². The lowest BCUT2D eigenvalue weighted by Crippen LogP contribution is -3.13. The Kier molecular flexibility index (Phi) is 4.41. The van der Waals surface area contributed by atoms with E-state index in [1.807, 2.05) is 18.7 Å². The second-order valence-corrected chi connectivity index (χ2v) is 7.62. The molecule has 2 aliphatic heterocycles. The number of quaternary nitrogens is 1. The first kappa shape index (κ1) is 14.4. The van der Waals surface area contributed by atoms with Crippen LogP contribution in [0.1, 0.15) is 27.7 Å². The third-order valence-corrected chi connectivity index (χ3v) is 6.89. The van der Waals surface area contributed by atoms with E-state index in [2.05, 4.69) is 20.8 Å². The number of nitrogens with zero attached hydrogens (tertiary/aromatic N) is 1. The van der Waals surface area contributed by atoms with E-state index in [4.69, 9.17) is 12.2 Å². The second kappa shape index (κ2) is 5.53. The van der Waals surface area contributed by atoms with Gasteiger partial charge in [-0.05, 0) is 20.8 Å². The molecule has 0 aliphatic carbocycles. The molecule has 0 spiro atoms. The third-order valence-electron chi connectivity index (χ3n) is 3.59. The van der Waals surface area contributed by atoms with Gasteiger partial charge in [0.25, 0.3) is 0 Å². The summed E-state index contributed by atoms with van der Waals surface area (Å²) in [6.45, 7) is 10.2. The number of hydrogen-bond acceptors (Lipinski definition) is 4. The average Bonchev–Trinajstić information content (AvgIpc) is 2.78. The number of carbonyl (C=O) groups is 1. The minimum Gasteiger partial charge on any atom is -0.297 e. The van der Waals surface area contributed by atoms with Crippen LogP contribution in [-0.2, 0) is 4.79 Å². The summed E-state index contributed by atoms with van der Waals surface area (Å²) in [7, 11) is 0. The van der Waals surface area contributed by atoms with Crippen molar-refractivity contribution in [2.45, 2.75) is 38.3 Å². The van der Waals surface area contributed by atoms with E-state index in [9.17, 15) is 4.79 Å². The number of nitrogens with one attached hydrogen (secondary N) is 1. The van der Waals surface area contributed by atoms with Crippen LogP contribution < -0.4 is 4.90 Å². The van der Waals surface area contributed by atoms with Crippen molar-refractivity contribution in [2.24, 2.45) is 0 Å². The van der Waals surface area contributed by atoms with E-state index < -0.39 is 0 Å². The van der Waals surface area contributed by atoms with Gasteiger partial charge in [-0.3, -0.25) is 14.6 Å².